The van der Waals surface area contributed by atoms with Crippen molar-refractivity contribution in [3.05, 3.63) is 79.1 Å². The van der Waals surface area contributed by atoms with E-state index in [9.17, 15) is 4.79 Å². The maximum absolute atomic E-state index is 12.3. The molecule has 1 aliphatic rings. The summed E-state index contributed by atoms with van der Waals surface area (Å²) in [5.41, 5.74) is 5.19. The molecule has 1 aliphatic heterocycles. The largest absolute Gasteiger partial charge is 0.369 e. The Labute approximate surface area is 229 Å². The van der Waals surface area contributed by atoms with Crippen molar-refractivity contribution in [2.75, 3.05) is 69.4 Å². The predicted octanol–water partition coefficient (Wildman–Crippen LogP) is 4.24. The van der Waals surface area contributed by atoms with E-state index in [1.165, 1.54) is 5.69 Å². The van der Waals surface area contributed by atoms with E-state index in [1.54, 1.807) is 18.3 Å². The molecule has 2 aromatic heterocycles. The number of piperazine rings is 1. The Morgan fingerprint density at radius 1 is 1.00 bits per heavy atom. The molecule has 0 bridgehead atoms. The summed E-state index contributed by atoms with van der Waals surface area (Å²) >= 11 is 0. The highest BCUT2D eigenvalue weighted by Crippen LogP contribution is 2.29. The van der Waals surface area contributed by atoms with Crippen molar-refractivity contribution in [1.82, 2.24) is 24.8 Å². The van der Waals surface area contributed by atoms with Gasteiger partial charge in [-0.3, -0.25) is 9.78 Å². The van der Waals surface area contributed by atoms with Gasteiger partial charge in [-0.05, 0) is 57.5 Å². The van der Waals surface area contributed by atoms with Crippen molar-refractivity contribution < 1.29 is 4.79 Å². The third-order valence-corrected chi connectivity index (χ3v) is 6.65. The molecule has 0 aliphatic carbocycles. The molecule has 4 aromatic rings. The zero-order valence-corrected chi connectivity index (χ0v) is 22.6. The summed E-state index contributed by atoms with van der Waals surface area (Å²) in [5, 5.41) is 7.16. The molecule has 1 fully saturated rings. The van der Waals surface area contributed by atoms with Crippen LogP contribution in [0.5, 0.6) is 0 Å². The number of hydrogen-bond acceptors (Lipinski definition) is 8. The fourth-order valence-corrected chi connectivity index (χ4v) is 4.48. The molecule has 0 atom stereocenters. The Kier molecular flexibility index (Phi) is 8.10. The van der Waals surface area contributed by atoms with Gasteiger partial charge in [0.2, 0.25) is 11.9 Å². The van der Waals surface area contributed by atoms with E-state index < -0.39 is 0 Å². The first-order valence-corrected chi connectivity index (χ1v) is 13.1. The lowest BCUT2D eigenvalue weighted by Gasteiger charge is -2.34. The van der Waals surface area contributed by atoms with Crippen molar-refractivity contribution in [3.8, 4) is 11.3 Å². The van der Waals surface area contributed by atoms with Crippen LogP contribution in [0, 0.1) is 0 Å². The van der Waals surface area contributed by atoms with Crippen LogP contribution in [0.25, 0.3) is 22.2 Å². The zero-order chi connectivity index (χ0) is 27.2. The van der Waals surface area contributed by atoms with Crippen LogP contribution in [0.15, 0.2) is 79.1 Å². The van der Waals surface area contributed by atoms with E-state index >= 15 is 0 Å². The maximum atomic E-state index is 12.3. The van der Waals surface area contributed by atoms with Crippen molar-refractivity contribution in [1.29, 1.82) is 0 Å². The molecule has 39 heavy (non-hydrogen) atoms. The Balaban J connectivity index is 1.34. The molecule has 2 N–H and O–H groups in total. The summed E-state index contributed by atoms with van der Waals surface area (Å²) in [7, 11) is 6.07. The van der Waals surface area contributed by atoms with Crippen LogP contribution in [0.2, 0.25) is 0 Å². The van der Waals surface area contributed by atoms with Crippen LogP contribution < -0.4 is 15.5 Å². The van der Waals surface area contributed by atoms with Crippen LogP contribution in [-0.4, -0.2) is 84.5 Å². The predicted molar refractivity (Wildman–Crippen MR) is 159 cm³/mol. The van der Waals surface area contributed by atoms with Crippen molar-refractivity contribution in [2.45, 2.75) is 0 Å². The average Bonchev–Trinajstić information content (AvgIpc) is 2.93. The minimum Gasteiger partial charge on any atom is -0.369 e. The van der Waals surface area contributed by atoms with Crippen molar-refractivity contribution >= 4 is 39.8 Å². The van der Waals surface area contributed by atoms with Crippen molar-refractivity contribution in [2.24, 2.45) is 0 Å². The normalized spacial score (nSPS) is 14.3. The number of fused-ring (bicyclic) bond motifs is 1. The minimum absolute atomic E-state index is 0.181. The molecule has 0 radical (unpaired) electrons. The van der Waals surface area contributed by atoms with Gasteiger partial charge >= 0.3 is 0 Å². The van der Waals surface area contributed by atoms with E-state index in [0.717, 1.165) is 54.0 Å². The molecule has 0 spiro atoms. The Bertz CT molecular complexity index is 1460. The summed E-state index contributed by atoms with van der Waals surface area (Å²) in [4.78, 5) is 33.0. The topological polar surface area (TPSA) is 89.5 Å². The lowest BCUT2D eigenvalue weighted by atomic mass is 10.1. The van der Waals surface area contributed by atoms with E-state index in [0.29, 0.717) is 18.2 Å². The van der Waals surface area contributed by atoms with Gasteiger partial charge in [-0.25, -0.2) is 9.97 Å². The summed E-state index contributed by atoms with van der Waals surface area (Å²) in [5.74, 6) is 0.331. The summed E-state index contributed by atoms with van der Waals surface area (Å²) in [6, 6.07) is 18.0. The van der Waals surface area contributed by atoms with Gasteiger partial charge < -0.3 is 25.3 Å². The molecular formula is C30H34N8O. The van der Waals surface area contributed by atoms with Gasteiger partial charge in [0.05, 0.1) is 11.2 Å². The van der Waals surface area contributed by atoms with E-state index in [2.05, 4.69) is 61.7 Å². The lowest BCUT2D eigenvalue weighted by molar-refractivity contribution is -0.111. The maximum Gasteiger partial charge on any atom is 0.248 e. The lowest BCUT2D eigenvalue weighted by Crippen LogP contribution is -2.44. The number of benzene rings is 2. The highest BCUT2D eigenvalue weighted by molar-refractivity contribution is 6.00. The fourth-order valence-electron chi connectivity index (χ4n) is 4.48. The molecule has 200 valence electrons. The standard InChI is InChI=1S/C30H34N8O/c1-36(2)15-5-8-28(39)33-24-13-14-31-27(20-24)26-7-4-6-22-21-32-30(35-29(22)26)34-23-9-11-25(12-10-23)38-18-16-37(3)17-19-38/h4-14,20-21H,15-19H2,1-3H3,(H,31,33,39)(H,32,34,35). The molecule has 2 aromatic carbocycles. The Morgan fingerprint density at radius 3 is 2.56 bits per heavy atom. The van der Waals surface area contributed by atoms with Crippen LogP contribution in [-0.2, 0) is 4.79 Å². The number of nitrogens with zero attached hydrogens (tertiary/aromatic N) is 6. The number of likely N-dealkylation sites (N-methyl/N-ethyl adjacent to an activating group) is 2. The third kappa shape index (κ3) is 6.76. The second kappa shape index (κ2) is 12.0. The number of carbonyl (C=O) groups is 1. The molecule has 5 rings (SSSR count). The Morgan fingerprint density at radius 2 is 1.79 bits per heavy atom. The molecular weight excluding hydrogens is 488 g/mol. The van der Waals surface area contributed by atoms with Crippen molar-refractivity contribution in [3.63, 3.8) is 0 Å². The second-order valence-corrected chi connectivity index (χ2v) is 9.98. The number of anilines is 4. The first-order chi connectivity index (χ1) is 18.9. The average molecular weight is 523 g/mol. The first-order valence-electron chi connectivity index (χ1n) is 13.1. The first kappa shape index (κ1) is 26.3. The number of hydrogen-bond donors (Lipinski definition) is 2. The second-order valence-electron chi connectivity index (χ2n) is 9.98. The third-order valence-electron chi connectivity index (χ3n) is 6.65. The van der Waals surface area contributed by atoms with Gasteiger partial charge in [0.1, 0.15) is 0 Å². The fraction of sp³-hybridized carbons (Fsp3) is 0.267. The SMILES string of the molecule is CN(C)CC=CC(=O)Nc1ccnc(-c2cccc3cnc(Nc4ccc(N5CCN(C)CC5)cc4)nc23)c1. The van der Waals surface area contributed by atoms with Crippen LogP contribution >= 0.6 is 0 Å². The molecule has 3 heterocycles. The van der Waals surface area contributed by atoms with E-state index in [4.69, 9.17) is 4.98 Å². The van der Waals surface area contributed by atoms with Gasteiger partial charge in [-0.2, -0.15) is 0 Å². The zero-order valence-electron chi connectivity index (χ0n) is 22.6. The van der Waals surface area contributed by atoms with E-state index in [1.807, 2.05) is 55.5 Å². The Hall–Kier alpha value is -4.34. The number of rotatable bonds is 8. The van der Waals surface area contributed by atoms with Gasteiger partial charge in [-0.1, -0.05) is 24.3 Å². The number of pyridine rings is 1. The van der Waals surface area contributed by atoms with Crippen LogP contribution in [0.3, 0.4) is 0 Å². The van der Waals surface area contributed by atoms with Gasteiger partial charge in [0.15, 0.2) is 0 Å². The summed E-state index contributed by atoms with van der Waals surface area (Å²) in [6.07, 6.45) is 6.87. The number of para-hydroxylation sites is 1. The van der Waals surface area contributed by atoms with Crippen LogP contribution in [0.1, 0.15) is 0 Å². The van der Waals surface area contributed by atoms with E-state index in [-0.39, 0.29) is 5.91 Å². The number of carbonyl (C=O) groups excluding carboxylic acids is 1. The number of nitrogens with one attached hydrogen (secondary N) is 2. The number of amides is 1. The summed E-state index contributed by atoms with van der Waals surface area (Å²) in [6.45, 7) is 4.91. The smallest absolute Gasteiger partial charge is 0.248 e. The minimum atomic E-state index is -0.181. The molecule has 0 unspecified atom stereocenters. The highest BCUT2D eigenvalue weighted by Gasteiger charge is 2.14. The molecule has 1 saturated heterocycles. The molecule has 9 nitrogen and oxygen atoms in total. The molecule has 9 heteroatoms. The molecule has 0 saturated carbocycles. The van der Waals surface area contributed by atoms with Crippen LogP contribution in [0.4, 0.5) is 23.0 Å². The van der Waals surface area contributed by atoms with Gasteiger partial charge in [0, 0.05) is 79.2 Å². The monoisotopic (exact) mass is 522 g/mol. The number of aromatic nitrogens is 3. The van der Waals surface area contributed by atoms with Gasteiger partial charge in [-0.15, -0.1) is 0 Å². The summed E-state index contributed by atoms with van der Waals surface area (Å²) < 4.78 is 0. The quantitative estimate of drug-likeness (QED) is 0.332. The van der Waals surface area contributed by atoms with Gasteiger partial charge in [0.25, 0.3) is 0 Å². The highest BCUT2D eigenvalue weighted by atomic mass is 16.1. The molecule has 1 amide bonds.